The molecule has 0 saturated carbocycles. The molecule has 65 valence electrons. The maximum absolute atomic E-state index is 12.9. The van der Waals surface area contributed by atoms with Gasteiger partial charge in [0, 0.05) is 5.56 Å². The number of rotatable bonds is 2. The van der Waals surface area contributed by atoms with Crippen molar-refractivity contribution in [2.24, 2.45) is 0 Å². The van der Waals surface area contributed by atoms with E-state index in [1.807, 2.05) is 13.8 Å². The number of hydrogen-bond acceptors (Lipinski definition) is 1. The first kappa shape index (κ1) is 9.04. The molecule has 0 fully saturated rings. The summed E-state index contributed by atoms with van der Waals surface area (Å²) in [6.07, 6.45) is 0.0484. The minimum Gasteiger partial charge on any atom is -0.491 e. The van der Waals surface area contributed by atoms with Crippen LogP contribution in [0.15, 0.2) is 18.2 Å². The number of ether oxygens (including phenoxy) is 1. The summed E-state index contributed by atoms with van der Waals surface area (Å²) in [5.74, 6) is 0.193. The molecule has 1 aromatic rings. The molecule has 0 amide bonds. The number of benzene rings is 1. The molecule has 0 heterocycles. The van der Waals surface area contributed by atoms with Gasteiger partial charge in [0.25, 0.3) is 0 Å². The first-order valence-electron chi connectivity index (χ1n) is 3.88. The molecule has 1 aromatic carbocycles. The monoisotopic (exact) mass is 167 g/mol. The molecule has 1 radical (unpaired) electrons. The molecule has 0 N–H and O–H groups in total. The van der Waals surface area contributed by atoms with Crippen LogP contribution in [0.3, 0.4) is 0 Å². The zero-order valence-corrected chi connectivity index (χ0v) is 7.30. The molecule has 2 heteroatoms. The Morgan fingerprint density at radius 3 is 2.67 bits per heavy atom. The van der Waals surface area contributed by atoms with E-state index >= 15 is 0 Å². The second-order valence-electron chi connectivity index (χ2n) is 2.88. The molecular formula is C10H12FO. The average Bonchev–Trinajstić information content (AvgIpc) is 1.98. The summed E-state index contributed by atoms with van der Waals surface area (Å²) in [5, 5.41) is 0. The van der Waals surface area contributed by atoms with E-state index in [1.54, 1.807) is 12.1 Å². The van der Waals surface area contributed by atoms with Crippen molar-refractivity contribution in [3.8, 4) is 5.75 Å². The molecule has 0 atom stereocenters. The topological polar surface area (TPSA) is 9.23 Å². The van der Waals surface area contributed by atoms with Crippen molar-refractivity contribution in [1.82, 2.24) is 0 Å². The molecular weight excluding hydrogens is 155 g/mol. The Morgan fingerprint density at radius 1 is 1.42 bits per heavy atom. The largest absolute Gasteiger partial charge is 0.491 e. The molecule has 0 aromatic heterocycles. The lowest BCUT2D eigenvalue weighted by atomic mass is 10.2. The molecule has 0 bridgehead atoms. The highest BCUT2D eigenvalue weighted by Gasteiger charge is 2.05. The van der Waals surface area contributed by atoms with Crippen LogP contribution >= 0.6 is 0 Å². The minimum absolute atomic E-state index is 0.0484. The van der Waals surface area contributed by atoms with Crippen molar-refractivity contribution >= 4 is 0 Å². The van der Waals surface area contributed by atoms with Crippen molar-refractivity contribution in [2.75, 3.05) is 0 Å². The molecule has 0 aliphatic heterocycles. The standard InChI is InChI=1S/C10H12FO/c1-7(2)12-10-6-4-5-9(11)8(10)3/h4-7H,3H2,1-2H3. The molecule has 1 nitrogen and oxygen atoms in total. The van der Waals surface area contributed by atoms with Gasteiger partial charge in [-0.15, -0.1) is 0 Å². The summed E-state index contributed by atoms with van der Waals surface area (Å²) in [6.45, 7) is 7.36. The Morgan fingerprint density at radius 2 is 2.08 bits per heavy atom. The molecule has 0 unspecified atom stereocenters. The Hall–Kier alpha value is -1.05. The zero-order valence-electron chi connectivity index (χ0n) is 7.30. The first-order chi connectivity index (χ1) is 5.61. The molecule has 0 aliphatic rings. The van der Waals surface area contributed by atoms with Crippen molar-refractivity contribution in [3.63, 3.8) is 0 Å². The van der Waals surface area contributed by atoms with Gasteiger partial charge in [-0.3, -0.25) is 0 Å². The lowest BCUT2D eigenvalue weighted by molar-refractivity contribution is 0.240. The van der Waals surface area contributed by atoms with Gasteiger partial charge in [-0.25, -0.2) is 4.39 Å². The fraction of sp³-hybridized carbons (Fsp3) is 0.300. The summed E-state index contributed by atoms with van der Waals surface area (Å²) in [4.78, 5) is 0. The van der Waals surface area contributed by atoms with Crippen molar-refractivity contribution in [2.45, 2.75) is 20.0 Å². The van der Waals surface area contributed by atoms with Crippen LogP contribution < -0.4 is 4.74 Å². The van der Waals surface area contributed by atoms with Gasteiger partial charge in [0.1, 0.15) is 11.6 Å². The molecule has 1 rings (SSSR count). The zero-order chi connectivity index (χ0) is 9.14. The van der Waals surface area contributed by atoms with E-state index in [9.17, 15) is 4.39 Å². The van der Waals surface area contributed by atoms with E-state index in [0.29, 0.717) is 11.3 Å². The molecule has 0 aliphatic carbocycles. The predicted octanol–water partition coefficient (Wildman–Crippen LogP) is 2.80. The lowest BCUT2D eigenvalue weighted by Gasteiger charge is -2.11. The van der Waals surface area contributed by atoms with Crippen LogP contribution in [-0.2, 0) is 0 Å². The van der Waals surface area contributed by atoms with Crippen molar-refractivity contribution in [3.05, 3.63) is 36.5 Å². The van der Waals surface area contributed by atoms with E-state index in [-0.39, 0.29) is 11.9 Å². The Balaban J connectivity index is 2.92. The van der Waals surface area contributed by atoms with Crippen LogP contribution in [0.4, 0.5) is 4.39 Å². The van der Waals surface area contributed by atoms with Crippen LogP contribution in [0.25, 0.3) is 0 Å². The summed E-state index contributed by atoms with van der Waals surface area (Å²) < 4.78 is 18.2. The summed E-state index contributed by atoms with van der Waals surface area (Å²) in [5.41, 5.74) is 0.325. The highest BCUT2D eigenvalue weighted by atomic mass is 19.1. The van der Waals surface area contributed by atoms with Crippen molar-refractivity contribution in [1.29, 1.82) is 0 Å². The van der Waals surface area contributed by atoms with E-state index < -0.39 is 0 Å². The van der Waals surface area contributed by atoms with Gasteiger partial charge in [0.05, 0.1) is 6.10 Å². The normalized spacial score (nSPS) is 10.4. The fourth-order valence-electron chi connectivity index (χ4n) is 0.903. The van der Waals surface area contributed by atoms with E-state index in [4.69, 9.17) is 4.74 Å². The van der Waals surface area contributed by atoms with Gasteiger partial charge in [-0.05, 0) is 32.9 Å². The van der Waals surface area contributed by atoms with Crippen LogP contribution in [-0.4, -0.2) is 6.10 Å². The van der Waals surface area contributed by atoms with Gasteiger partial charge >= 0.3 is 0 Å². The van der Waals surface area contributed by atoms with Crippen LogP contribution in [0.2, 0.25) is 0 Å². The molecule has 12 heavy (non-hydrogen) atoms. The third-order valence-electron chi connectivity index (χ3n) is 1.44. The van der Waals surface area contributed by atoms with Gasteiger partial charge in [0.15, 0.2) is 0 Å². The summed E-state index contributed by atoms with van der Waals surface area (Å²) >= 11 is 0. The second kappa shape index (κ2) is 3.57. The second-order valence-corrected chi connectivity index (χ2v) is 2.88. The van der Waals surface area contributed by atoms with Gasteiger partial charge in [-0.2, -0.15) is 0 Å². The molecule has 0 saturated heterocycles. The minimum atomic E-state index is -0.326. The summed E-state index contributed by atoms with van der Waals surface area (Å²) in [6, 6.07) is 4.70. The van der Waals surface area contributed by atoms with E-state index in [1.165, 1.54) is 6.07 Å². The highest BCUT2D eigenvalue weighted by Crippen LogP contribution is 2.20. The predicted molar refractivity (Wildman–Crippen MR) is 46.6 cm³/mol. The van der Waals surface area contributed by atoms with Gasteiger partial charge in [0.2, 0.25) is 0 Å². The summed E-state index contributed by atoms with van der Waals surface area (Å²) in [7, 11) is 0. The quantitative estimate of drug-likeness (QED) is 0.658. The number of halogens is 1. The van der Waals surface area contributed by atoms with Gasteiger partial charge < -0.3 is 4.74 Å². The average molecular weight is 167 g/mol. The Kier molecular flexibility index (Phi) is 2.69. The molecule has 0 spiro atoms. The van der Waals surface area contributed by atoms with Crippen LogP contribution in [0.5, 0.6) is 5.75 Å². The van der Waals surface area contributed by atoms with Gasteiger partial charge in [-0.1, -0.05) is 6.07 Å². The van der Waals surface area contributed by atoms with E-state index in [2.05, 4.69) is 6.92 Å². The SMILES string of the molecule is [CH2]c1c(F)cccc1OC(C)C. The first-order valence-corrected chi connectivity index (χ1v) is 3.88. The highest BCUT2D eigenvalue weighted by molar-refractivity contribution is 5.36. The Labute approximate surface area is 72.2 Å². The maximum Gasteiger partial charge on any atom is 0.130 e. The van der Waals surface area contributed by atoms with Crippen LogP contribution in [0.1, 0.15) is 19.4 Å². The van der Waals surface area contributed by atoms with Crippen molar-refractivity contribution < 1.29 is 9.13 Å². The lowest BCUT2D eigenvalue weighted by Crippen LogP contribution is -2.07. The maximum atomic E-state index is 12.9. The fourth-order valence-corrected chi connectivity index (χ4v) is 0.903. The Bertz CT molecular complexity index is 269. The van der Waals surface area contributed by atoms with E-state index in [0.717, 1.165) is 0 Å². The smallest absolute Gasteiger partial charge is 0.130 e. The third-order valence-corrected chi connectivity index (χ3v) is 1.44. The third kappa shape index (κ3) is 1.97. The number of hydrogen-bond donors (Lipinski definition) is 0. The van der Waals surface area contributed by atoms with Crippen LogP contribution in [0, 0.1) is 12.7 Å².